The van der Waals surface area contributed by atoms with E-state index in [0.29, 0.717) is 11.8 Å². The lowest BCUT2D eigenvalue weighted by molar-refractivity contribution is 0.117. The molecule has 2 atom stereocenters. The number of fused-ring (bicyclic) bond motifs is 1. The third-order valence-electron chi connectivity index (χ3n) is 4.42. The fraction of sp³-hybridized carbons (Fsp3) is 0.571. The predicted octanol–water partition coefficient (Wildman–Crippen LogP) is 3.66. The first-order chi connectivity index (χ1) is 7.64. The summed E-state index contributed by atoms with van der Waals surface area (Å²) in [6, 6.07) is 5.87. The molecule has 0 aliphatic heterocycles. The molecular formula is C14H17ClO. The molecule has 0 bridgehead atoms. The van der Waals surface area contributed by atoms with Crippen LogP contribution in [0.2, 0.25) is 5.02 Å². The van der Waals surface area contributed by atoms with Gasteiger partial charge in [-0.3, -0.25) is 0 Å². The number of halogens is 1. The summed E-state index contributed by atoms with van der Waals surface area (Å²) in [5.41, 5.74) is 1.67. The minimum absolute atomic E-state index is 0.485. The molecule has 2 heteroatoms. The fourth-order valence-electron chi connectivity index (χ4n) is 3.52. The van der Waals surface area contributed by atoms with E-state index in [0.717, 1.165) is 10.6 Å². The summed E-state index contributed by atoms with van der Waals surface area (Å²) in [5, 5.41) is 11.5. The van der Waals surface area contributed by atoms with Crippen LogP contribution in [0.15, 0.2) is 18.2 Å². The van der Waals surface area contributed by atoms with E-state index in [4.69, 9.17) is 11.6 Å². The highest BCUT2D eigenvalue weighted by molar-refractivity contribution is 6.30. The van der Waals surface area contributed by atoms with Crippen LogP contribution < -0.4 is 0 Å². The predicted molar refractivity (Wildman–Crippen MR) is 65.5 cm³/mol. The van der Waals surface area contributed by atoms with E-state index < -0.39 is 5.60 Å². The quantitative estimate of drug-likeness (QED) is 0.789. The number of hydrogen-bond acceptors (Lipinski definition) is 1. The number of aryl methyl sites for hydroxylation is 1. The number of hydrogen-bond donors (Lipinski definition) is 1. The maximum absolute atomic E-state index is 10.8. The average molecular weight is 237 g/mol. The van der Waals surface area contributed by atoms with Crippen LogP contribution in [0.5, 0.6) is 0 Å². The van der Waals surface area contributed by atoms with E-state index >= 15 is 0 Å². The second-order valence-corrected chi connectivity index (χ2v) is 5.72. The van der Waals surface area contributed by atoms with E-state index in [9.17, 15) is 5.11 Å². The van der Waals surface area contributed by atoms with Gasteiger partial charge in [0.25, 0.3) is 0 Å². The fourth-order valence-corrected chi connectivity index (χ4v) is 3.69. The Morgan fingerprint density at radius 2 is 1.88 bits per heavy atom. The molecule has 2 aliphatic rings. The van der Waals surface area contributed by atoms with Gasteiger partial charge in [0.1, 0.15) is 0 Å². The van der Waals surface area contributed by atoms with Gasteiger partial charge in [0.2, 0.25) is 0 Å². The molecule has 0 saturated heterocycles. The summed E-state index contributed by atoms with van der Waals surface area (Å²) in [6.45, 7) is 2.06. The molecular weight excluding hydrogens is 220 g/mol. The first-order valence-electron chi connectivity index (χ1n) is 6.13. The number of aliphatic hydroxyl groups is 1. The Balaban J connectivity index is 2.01. The Morgan fingerprint density at radius 1 is 1.25 bits per heavy atom. The maximum Gasteiger partial charge on any atom is 0.0963 e. The van der Waals surface area contributed by atoms with Gasteiger partial charge in [-0.25, -0.2) is 0 Å². The minimum atomic E-state index is -0.564. The Bertz CT molecular complexity index is 415. The molecule has 0 spiro atoms. The third-order valence-corrected chi connectivity index (χ3v) is 4.65. The van der Waals surface area contributed by atoms with E-state index in [1.54, 1.807) is 0 Å². The van der Waals surface area contributed by atoms with Crippen molar-refractivity contribution in [2.45, 2.75) is 38.2 Å². The standard InChI is InChI=1S/C14H17ClO/c1-9-6-7-10(15)8-13(9)14(16)11-4-2-3-5-12(11)14/h6-8,11-12,16H,2-5H2,1H3. The van der Waals surface area contributed by atoms with Gasteiger partial charge in [-0.2, -0.15) is 0 Å². The largest absolute Gasteiger partial charge is 0.385 e. The normalized spacial score (nSPS) is 36.9. The van der Waals surface area contributed by atoms with Crippen LogP contribution in [0.3, 0.4) is 0 Å². The van der Waals surface area contributed by atoms with Crippen LogP contribution in [0.4, 0.5) is 0 Å². The third kappa shape index (κ3) is 1.34. The lowest BCUT2D eigenvalue weighted by atomic mass is 9.98. The number of benzene rings is 1. The molecule has 1 N–H and O–H groups in total. The van der Waals surface area contributed by atoms with Gasteiger partial charge >= 0.3 is 0 Å². The molecule has 86 valence electrons. The lowest BCUT2D eigenvalue weighted by Crippen LogP contribution is -2.12. The summed E-state index contributed by atoms with van der Waals surface area (Å²) in [6.07, 6.45) is 4.88. The van der Waals surface area contributed by atoms with Crippen molar-refractivity contribution in [2.75, 3.05) is 0 Å². The molecule has 1 nitrogen and oxygen atoms in total. The van der Waals surface area contributed by atoms with Gasteiger partial charge in [-0.1, -0.05) is 30.5 Å². The van der Waals surface area contributed by atoms with Crippen molar-refractivity contribution in [3.63, 3.8) is 0 Å². The average Bonchev–Trinajstić information content (AvgIpc) is 2.90. The van der Waals surface area contributed by atoms with Crippen LogP contribution in [0.25, 0.3) is 0 Å². The van der Waals surface area contributed by atoms with Crippen molar-refractivity contribution in [3.8, 4) is 0 Å². The SMILES string of the molecule is Cc1ccc(Cl)cc1C1(O)C2CCCCC21. The summed E-state index contributed by atoms with van der Waals surface area (Å²) in [7, 11) is 0. The summed E-state index contributed by atoms with van der Waals surface area (Å²) < 4.78 is 0. The van der Waals surface area contributed by atoms with Crippen molar-refractivity contribution in [1.29, 1.82) is 0 Å². The zero-order valence-electron chi connectivity index (χ0n) is 9.54. The van der Waals surface area contributed by atoms with Gasteiger partial charge < -0.3 is 5.11 Å². The second kappa shape index (κ2) is 3.48. The van der Waals surface area contributed by atoms with E-state index in [2.05, 4.69) is 6.92 Å². The maximum atomic E-state index is 10.8. The monoisotopic (exact) mass is 236 g/mol. The molecule has 16 heavy (non-hydrogen) atoms. The molecule has 0 amide bonds. The van der Waals surface area contributed by atoms with Crippen LogP contribution in [0, 0.1) is 18.8 Å². The molecule has 1 aromatic carbocycles. The molecule has 0 radical (unpaired) electrons. The molecule has 0 aromatic heterocycles. The van der Waals surface area contributed by atoms with Crippen molar-refractivity contribution in [1.82, 2.24) is 0 Å². The molecule has 2 saturated carbocycles. The Kier molecular flexibility index (Phi) is 2.31. The van der Waals surface area contributed by atoms with Gasteiger partial charge in [0.05, 0.1) is 5.60 Å². The van der Waals surface area contributed by atoms with E-state index in [-0.39, 0.29) is 0 Å². The highest BCUT2D eigenvalue weighted by atomic mass is 35.5. The zero-order valence-corrected chi connectivity index (χ0v) is 10.3. The van der Waals surface area contributed by atoms with Gasteiger partial charge in [0.15, 0.2) is 0 Å². The van der Waals surface area contributed by atoms with Gasteiger partial charge in [-0.15, -0.1) is 0 Å². The van der Waals surface area contributed by atoms with Crippen LogP contribution in [-0.4, -0.2) is 5.11 Å². The minimum Gasteiger partial charge on any atom is -0.385 e. The molecule has 2 aliphatic carbocycles. The Hall–Kier alpha value is -0.530. The van der Waals surface area contributed by atoms with E-state index in [1.807, 2.05) is 18.2 Å². The van der Waals surface area contributed by atoms with Crippen LogP contribution in [0.1, 0.15) is 36.8 Å². The summed E-state index contributed by atoms with van der Waals surface area (Å²) >= 11 is 6.04. The van der Waals surface area contributed by atoms with Crippen molar-refractivity contribution in [3.05, 3.63) is 34.3 Å². The first kappa shape index (κ1) is 10.6. The summed E-state index contributed by atoms with van der Waals surface area (Å²) in [4.78, 5) is 0. The topological polar surface area (TPSA) is 20.2 Å². The lowest BCUT2D eigenvalue weighted by Gasteiger charge is -2.14. The van der Waals surface area contributed by atoms with Crippen LogP contribution >= 0.6 is 11.6 Å². The second-order valence-electron chi connectivity index (χ2n) is 5.28. The van der Waals surface area contributed by atoms with Crippen LogP contribution in [-0.2, 0) is 5.60 Å². The summed E-state index contributed by atoms with van der Waals surface area (Å²) in [5.74, 6) is 0.969. The zero-order chi connectivity index (χ0) is 11.3. The molecule has 2 fully saturated rings. The highest BCUT2D eigenvalue weighted by Gasteiger charge is 2.64. The molecule has 2 unspecified atom stereocenters. The van der Waals surface area contributed by atoms with Crippen molar-refractivity contribution >= 4 is 11.6 Å². The highest BCUT2D eigenvalue weighted by Crippen LogP contribution is 2.64. The molecule has 0 heterocycles. The smallest absolute Gasteiger partial charge is 0.0963 e. The van der Waals surface area contributed by atoms with Crippen molar-refractivity contribution in [2.24, 2.45) is 11.8 Å². The Labute approximate surface area is 101 Å². The number of rotatable bonds is 1. The van der Waals surface area contributed by atoms with Gasteiger partial charge in [-0.05, 0) is 54.9 Å². The molecule has 3 rings (SSSR count). The van der Waals surface area contributed by atoms with Crippen molar-refractivity contribution < 1.29 is 5.11 Å². The Morgan fingerprint density at radius 3 is 2.50 bits per heavy atom. The van der Waals surface area contributed by atoms with E-state index in [1.165, 1.54) is 31.2 Å². The first-order valence-corrected chi connectivity index (χ1v) is 6.51. The molecule has 1 aromatic rings. The van der Waals surface area contributed by atoms with Gasteiger partial charge in [0, 0.05) is 5.02 Å².